The van der Waals surface area contributed by atoms with E-state index in [9.17, 15) is 14.0 Å². The van der Waals surface area contributed by atoms with E-state index in [1.165, 1.54) is 19.4 Å². The summed E-state index contributed by atoms with van der Waals surface area (Å²) in [7, 11) is 1.47. The summed E-state index contributed by atoms with van der Waals surface area (Å²) in [5, 5.41) is 6.26. The predicted octanol–water partition coefficient (Wildman–Crippen LogP) is 4.26. The number of methoxy groups -OCH3 is 1. The largest absolute Gasteiger partial charge is 0.493 e. The van der Waals surface area contributed by atoms with Crippen LogP contribution in [0.4, 0.5) is 10.1 Å². The maximum absolute atomic E-state index is 13.7. The first kappa shape index (κ1) is 23.0. The molecule has 0 aliphatic rings. The van der Waals surface area contributed by atoms with Crippen molar-refractivity contribution < 1.29 is 23.5 Å². The fourth-order valence-electron chi connectivity index (χ4n) is 2.59. The molecular formula is C23H19BrFN3O4. The van der Waals surface area contributed by atoms with Gasteiger partial charge in [-0.15, -0.1) is 0 Å². The molecule has 3 aromatic rings. The van der Waals surface area contributed by atoms with Crippen LogP contribution in [0.25, 0.3) is 0 Å². The molecule has 0 saturated heterocycles. The van der Waals surface area contributed by atoms with Gasteiger partial charge in [0.05, 0.1) is 13.3 Å². The molecule has 0 aliphatic carbocycles. The fraction of sp³-hybridized carbons (Fsp3) is 0.0870. The Bertz CT molecular complexity index is 1140. The maximum atomic E-state index is 13.7. The Balaban J connectivity index is 1.57. The number of hydrogen-bond donors (Lipinski definition) is 2. The fourth-order valence-corrected chi connectivity index (χ4v) is 2.86. The van der Waals surface area contributed by atoms with E-state index in [1.807, 2.05) is 0 Å². The van der Waals surface area contributed by atoms with Gasteiger partial charge in [-0.3, -0.25) is 9.59 Å². The van der Waals surface area contributed by atoms with Crippen molar-refractivity contribution in [2.24, 2.45) is 5.10 Å². The van der Waals surface area contributed by atoms with Crippen LogP contribution >= 0.6 is 15.9 Å². The molecule has 3 aromatic carbocycles. The highest BCUT2D eigenvalue weighted by molar-refractivity contribution is 9.10. The molecule has 0 aliphatic heterocycles. The molecule has 0 heterocycles. The highest BCUT2D eigenvalue weighted by atomic mass is 79.9. The third kappa shape index (κ3) is 6.39. The summed E-state index contributed by atoms with van der Waals surface area (Å²) in [4.78, 5) is 23.8. The van der Waals surface area contributed by atoms with Gasteiger partial charge >= 0.3 is 11.8 Å². The smallest absolute Gasteiger partial charge is 0.329 e. The van der Waals surface area contributed by atoms with Gasteiger partial charge in [0, 0.05) is 15.7 Å². The zero-order valence-electron chi connectivity index (χ0n) is 17.0. The molecule has 0 fully saturated rings. The Morgan fingerprint density at radius 3 is 2.50 bits per heavy atom. The summed E-state index contributed by atoms with van der Waals surface area (Å²) < 4.78 is 25.6. The number of benzene rings is 3. The molecule has 0 bridgehead atoms. The van der Waals surface area contributed by atoms with Crippen molar-refractivity contribution in [2.75, 3.05) is 12.4 Å². The topological polar surface area (TPSA) is 89.0 Å². The van der Waals surface area contributed by atoms with Crippen molar-refractivity contribution >= 4 is 39.6 Å². The van der Waals surface area contributed by atoms with Crippen molar-refractivity contribution in [1.82, 2.24) is 5.43 Å². The van der Waals surface area contributed by atoms with Crippen LogP contribution in [-0.4, -0.2) is 25.1 Å². The lowest BCUT2D eigenvalue weighted by Crippen LogP contribution is -2.32. The minimum absolute atomic E-state index is 0.0417. The minimum atomic E-state index is -0.916. The van der Waals surface area contributed by atoms with Crippen LogP contribution < -0.4 is 20.2 Å². The van der Waals surface area contributed by atoms with E-state index in [0.717, 1.165) is 4.47 Å². The van der Waals surface area contributed by atoms with E-state index in [-0.39, 0.29) is 12.4 Å². The molecule has 0 saturated carbocycles. The third-order valence-electron chi connectivity index (χ3n) is 4.22. The Hall–Kier alpha value is -3.72. The number of carbonyl (C=O) groups is 2. The summed E-state index contributed by atoms with van der Waals surface area (Å²) in [6.07, 6.45) is 1.36. The second-order valence-corrected chi connectivity index (χ2v) is 7.37. The molecule has 32 heavy (non-hydrogen) atoms. The van der Waals surface area contributed by atoms with Crippen LogP contribution in [0.3, 0.4) is 0 Å². The van der Waals surface area contributed by atoms with Crippen LogP contribution in [0.15, 0.2) is 76.3 Å². The summed E-state index contributed by atoms with van der Waals surface area (Å²) in [6.45, 7) is 0.0417. The zero-order valence-corrected chi connectivity index (χ0v) is 18.6. The molecule has 0 atom stereocenters. The number of hydrazone groups is 1. The van der Waals surface area contributed by atoms with E-state index in [1.54, 1.807) is 60.7 Å². The van der Waals surface area contributed by atoms with Crippen molar-refractivity contribution in [3.8, 4) is 11.5 Å². The lowest BCUT2D eigenvalue weighted by molar-refractivity contribution is -0.136. The van der Waals surface area contributed by atoms with Crippen molar-refractivity contribution in [3.05, 3.63) is 88.1 Å². The monoisotopic (exact) mass is 499 g/mol. The number of nitrogens with zero attached hydrogens (tertiary/aromatic N) is 1. The second-order valence-electron chi connectivity index (χ2n) is 6.45. The summed E-state index contributed by atoms with van der Waals surface area (Å²) >= 11 is 3.29. The summed E-state index contributed by atoms with van der Waals surface area (Å²) in [5.74, 6) is -1.29. The van der Waals surface area contributed by atoms with E-state index >= 15 is 0 Å². The maximum Gasteiger partial charge on any atom is 0.329 e. The average Bonchev–Trinajstić information content (AvgIpc) is 2.80. The number of hydrogen-bond acceptors (Lipinski definition) is 5. The molecule has 9 heteroatoms. The molecule has 2 amide bonds. The number of rotatable bonds is 7. The Morgan fingerprint density at radius 2 is 1.78 bits per heavy atom. The highest BCUT2D eigenvalue weighted by Gasteiger charge is 2.13. The number of carbonyl (C=O) groups excluding carboxylic acids is 2. The molecular weight excluding hydrogens is 481 g/mol. The normalized spacial score (nSPS) is 10.6. The second kappa shape index (κ2) is 11.1. The van der Waals surface area contributed by atoms with Gasteiger partial charge < -0.3 is 14.8 Å². The Kier molecular flexibility index (Phi) is 7.93. The van der Waals surface area contributed by atoms with Gasteiger partial charge in [-0.25, -0.2) is 9.82 Å². The van der Waals surface area contributed by atoms with Crippen LogP contribution in [0, 0.1) is 5.82 Å². The first-order valence-electron chi connectivity index (χ1n) is 9.40. The quantitative estimate of drug-likeness (QED) is 0.288. The molecule has 164 valence electrons. The molecule has 0 aromatic heterocycles. The standard InChI is InChI=1S/C23H19BrFN3O4/c1-31-21-12-15(6-11-20(21)32-14-16-4-2-3-5-19(16)25)13-26-28-23(30)22(29)27-18-9-7-17(24)8-10-18/h2-13H,14H2,1H3,(H,27,29)(H,28,30)/b26-13+. The van der Waals surface area contributed by atoms with Gasteiger partial charge in [0.1, 0.15) is 12.4 Å². The SMILES string of the molecule is COc1cc(/C=N/NC(=O)C(=O)Nc2ccc(Br)cc2)ccc1OCc1ccccc1F. The minimum Gasteiger partial charge on any atom is -0.493 e. The number of amides is 2. The molecule has 7 nitrogen and oxygen atoms in total. The predicted molar refractivity (Wildman–Crippen MR) is 122 cm³/mol. The van der Waals surface area contributed by atoms with Crippen LogP contribution in [0.1, 0.15) is 11.1 Å². The van der Waals surface area contributed by atoms with Crippen molar-refractivity contribution in [1.29, 1.82) is 0 Å². The van der Waals surface area contributed by atoms with Gasteiger partial charge in [0.15, 0.2) is 11.5 Å². The first-order chi connectivity index (χ1) is 15.5. The van der Waals surface area contributed by atoms with E-state index in [0.29, 0.717) is 28.3 Å². The van der Waals surface area contributed by atoms with Gasteiger partial charge in [0.25, 0.3) is 0 Å². The lowest BCUT2D eigenvalue weighted by Gasteiger charge is -2.11. The van der Waals surface area contributed by atoms with E-state index in [2.05, 4.69) is 31.8 Å². The summed E-state index contributed by atoms with van der Waals surface area (Å²) in [6, 6.07) is 18.1. The van der Waals surface area contributed by atoms with Crippen LogP contribution in [-0.2, 0) is 16.2 Å². The number of halogens is 2. The number of anilines is 1. The van der Waals surface area contributed by atoms with Crippen molar-refractivity contribution in [2.45, 2.75) is 6.61 Å². The number of nitrogens with one attached hydrogen (secondary N) is 2. The Labute approximate surface area is 192 Å². The Morgan fingerprint density at radius 1 is 1.03 bits per heavy atom. The van der Waals surface area contributed by atoms with Crippen molar-refractivity contribution in [3.63, 3.8) is 0 Å². The molecule has 0 unspecified atom stereocenters. The average molecular weight is 500 g/mol. The highest BCUT2D eigenvalue weighted by Crippen LogP contribution is 2.28. The van der Waals surface area contributed by atoms with Crippen LogP contribution in [0.5, 0.6) is 11.5 Å². The van der Waals surface area contributed by atoms with Gasteiger partial charge in [-0.1, -0.05) is 34.1 Å². The first-order valence-corrected chi connectivity index (χ1v) is 10.2. The molecule has 3 rings (SSSR count). The molecule has 0 radical (unpaired) electrons. The van der Waals surface area contributed by atoms with Crippen LogP contribution in [0.2, 0.25) is 0 Å². The van der Waals surface area contributed by atoms with Gasteiger partial charge in [0.2, 0.25) is 0 Å². The van der Waals surface area contributed by atoms with E-state index in [4.69, 9.17) is 9.47 Å². The molecule has 2 N–H and O–H groups in total. The number of ether oxygens (including phenoxy) is 2. The lowest BCUT2D eigenvalue weighted by atomic mass is 10.2. The van der Waals surface area contributed by atoms with Gasteiger partial charge in [-0.05, 0) is 54.1 Å². The third-order valence-corrected chi connectivity index (χ3v) is 4.75. The molecule has 0 spiro atoms. The van der Waals surface area contributed by atoms with Gasteiger partial charge in [-0.2, -0.15) is 5.10 Å². The zero-order chi connectivity index (χ0) is 22.9. The summed E-state index contributed by atoms with van der Waals surface area (Å²) in [5.41, 5.74) is 3.65. The van der Waals surface area contributed by atoms with E-state index < -0.39 is 11.8 Å².